The molecule has 6 heterocycles. The van der Waals surface area contributed by atoms with Gasteiger partial charge in [-0.1, -0.05) is 191 Å². The predicted octanol–water partition coefficient (Wildman–Crippen LogP) is 20.0. The molecule has 92 heavy (non-hydrogen) atoms. The SMILES string of the molecule is CC(C)Cc1cc(-c2[c-]cc3c(c2)c2ccccc2n3-c2ccccc2)ncc1[Si](C)(C)C.CCn1c2c[c-]c(-c3cc(-c4ccccc4)c([Si](C)(C)C)cn3)cc2c2ccccc21.Cc1cccc(-c2[c-]cccc2)n1.[2H]C([2H])([2H])c1cccc(-c2[c-]cccc2)n1.[Ir].[Ir]. The smallest absolute Gasteiger partial charge is 0.0803 e. The van der Waals surface area contributed by atoms with Crippen LogP contribution in [0.15, 0.2) is 243 Å². The Hall–Kier alpha value is -8.31. The van der Waals surface area contributed by atoms with Gasteiger partial charge in [-0.25, -0.2) is 0 Å². The van der Waals surface area contributed by atoms with Crippen molar-refractivity contribution < 1.29 is 44.3 Å². The molecule has 0 saturated carbocycles. The number of aromatic nitrogens is 6. The van der Waals surface area contributed by atoms with Crippen molar-refractivity contribution in [3.63, 3.8) is 0 Å². The van der Waals surface area contributed by atoms with Crippen LogP contribution in [0.5, 0.6) is 0 Å². The Morgan fingerprint density at radius 2 is 0.957 bits per heavy atom. The second kappa shape index (κ2) is 30.4. The number of para-hydroxylation sites is 3. The zero-order chi connectivity index (χ0) is 65.4. The topological polar surface area (TPSA) is 61.4 Å². The molecule has 0 aliphatic carbocycles. The summed E-state index contributed by atoms with van der Waals surface area (Å²) in [5, 5.41) is 7.92. The van der Waals surface area contributed by atoms with Crippen molar-refractivity contribution in [1.82, 2.24) is 29.1 Å². The van der Waals surface area contributed by atoms with Crippen LogP contribution in [0.3, 0.4) is 0 Å². The quantitative estimate of drug-likeness (QED) is 0.0956. The van der Waals surface area contributed by atoms with E-state index in [0.717, 1.165) is 58.0 Å². The van der Waals surface area contributed by atoms with E-state index in [0.29, 0.717) is 11.6 Å². The Bertz CT molecular complexity index is 4870. The van der Waals surface area contributed by atoms with Gasteiger partial charge in [0.25, 0.3) is 0 Å². The molecule has 0 fully saturated rings. The van der Waals surface area contributed by atoms with E-state index in [1.807, 2.05) is 67.6 Å². The first-order chi connectivity index (χ1) is 44.7. The van der Waals surface area contributed by atoms with Gasteiger partial charge in [0.2, 0.25) is 0 Å². The average molecular weight is 1590 g/mol. The van der Waals surface area contributed by atoms with Gasteiger partial charge in [-0.15, -0.1) is 119 Å². The van der Waals surface area contributed by atoms with Crippen LogP contribution in [-0.2, 0) is 53.2 Å². The Balaban J connectivity index is 0.000000158. The Morgan fingerprint density at radius 1 is 0.457 bits per heavy atom. The first kappa shape index (κ1) is 63.8. The summed E-state index contributed by atoms with van der Waals surface area (Å²) in [7, 11) is -3.00. The maximum atomic E-state index is 7.29. The van der Waals surface area contributed by atoms with Gasteiger partial charge >= 0.3 is 0 Å². The summed E-state index contributed by atoms with van der Waals surface area (Å²) >= 11 is 0. The molecule has 6 nitrogen and oxygen atoms in total. The fourth-order valence-electron chi connectivity index (χ4n) is 11.8. The summed E-state index contributed by atoms with van der Waals surface area (Å²) in [6.07, 6.45) is 5.34. The number of hydrogen-bond acceptors (Lipinski definition) is 4. The summed E-state index contributed by atoms with van der Waals surface area (Å²) in [5.41, 5.74) is 18.8. The predicted molar refractivity (Wildman–Crippen MR) is 386 cm³/mol. The maximum absolute atomic E-state index is 7.29. The van der Waals surface area contributed by atoms with E-state index < -0.39 is 23.0 Å². The Labute approximate surface area is 577 Å². The Kier molecular flexibility index (Phi) is 21.1. The second-order valence-corrected chi connectivity index (χ2v) is 35.2. The first-order valence-corrected chi connectivity index (χ1v) is 38.1. The second-order valence-electron chi connectivity index (χ2n) is 25.2. The number of pyridine rings is 4. The standard InChI is InChI=1S/C30H31N2Si.C28H27N2Si.2C12H10N.2Ir/c1-21(2)17-23-19-27(31-20-30(23)33(3,4)5)22-15-16-29-26(18-22)25-13-9-10-14-28(25)32(29)24-11-7-6-8-12-24;1-5-30-26-14-10-9-13-22(26)24-17-21(15-16-27(24)30)25-18-23(20-11-7-6-8-12-20)28(19-29-25)31(2,3)4;2*1-10-6-5-9-12(13-10)11-7-3-2-4-8-11;;/h6-14,16,18-21H,17H2,1-5H3;6-14,16-19H,5H2,1-4H3;2*2-7,9H,1H3;;/q4*-1;;/i;;1D3;;;. The minimum Gasteiger partial charge on any atom is -0.381 e. The molecular formula is C82H78Ir2N6Si2-4. The van der Waals surface area contributed by atoms with Crippen LogP contribution in [0.2, 0.25) is 39.3 Å². The summed E-state index contributed by atoms with van der Waals surface area (Å²) in [4.78, 5) is 18.4. The van der Waals surface area contributed by atoms with E-state index in [2.05, 4.69) is 261 Å². The van der Waals surface area contributed by atoms with Crippen molar-refractivity contribution in [2.75, 3.05) is 0 Å². The van der Waals surface area contributed by atoms with Crippen LogP contribution < -0.4 is 10.4 Å². The van der Waals surface area contributed by atoms with Crippen LogP contribution in [-0.4, -0.2) is 45.2 Å². The van der Waals surface area contributed by atoms with Gasteiger partial charge in [0.05, 0.1) is 16.1 Å². The number of benzene rings is 8. The molecule has 14 aromatic rings. The summed E-state index contributed by atoms with van der Waals surface area (Å²) < 4.78 is 26.6. The normalized spacial score (nSPS) is 11.8. The van der Waals surface area contributed by atoms with Crippen LogP contribution in [0.25, 0.3) is 105 Å². The van der Waals surface area contributed by atoms with Crippen molar-refractivity contribution in [2.45, 2.75) is 86.8 Å². The summed E-state index contributed by atoms with van der Waals surface area (Å²) in [6, 6.07) is 91.4. The fourth-order valence-corrected chi connectivity index (χ4v) is 14.8. The fraction of sp³-hybridized carbons (Fsp3) is 0.171. The molecule has 0 aliphatic heterocycles. The van der Waals surface area contributed by atoms with Crippen molar-refractivity contribution in [2.24, 2.45) is 5.92 Å². The molecule has 466 valence electrons. The molecule has 10 heteroatoms. The number of nitrogens with zero attached hydrogens (tertiary/aromatic N) is 6. The van der Waals surface area contributed by atoms with E-state index >= 15 is 0 Å². The number of rotatable bonds is 11. The van der Waals surface area contributed by atoms with Gasteiger partial charge in [0, 0.05) is 91.4 Å². The monoisotopic (exact) mass is 1590 g/mol. The van der Waals surface area contributed by atoms with Crippen molar-refractivity contribution >= 4 is 70.1 Å². The molecule has 8 aromatic carbocycles. The molecule has 6 aromatic heterocycles. The molecule has 0 spiro atoms. The van der Waals surface area contributed by atoms with Crippen LogP contribution in [0, 0.1) is 44.0 Å². The summed E-state index contributed by atoms with van der Waals surface area (Å²) in [5.74, 6) is 0.616. The molecule has 0 N–H and O–H groups in total. The van der Waals surface area contributed by atoms with Crippen LogP contribution in [0.4, 0.5) is 0 Å². The maximum Gasteiger partial charge on any atom is 0.0803 e. The van der Waals surface area contributed by atoms with E-state index in [4.69, 9.17) is 14.1 Å². The van der Waals surface area contributed by atoms with Crippen molar-refractivity contribution in [3.8, 4) is 61.8 Å². The van der Waals surface area contributed by atoms with Gasteiger partial charge in [-0.2, -0.15) is 0 Å². The van der Waals surface area contributed by atoms with E-state index in [9.17, 15) is 0 Å². The third-order valence-corrected chi connectivity index (χ3v) is 20.1. The van der Waals surface area contributed by atoms with E-state index in [-0.39, 0.29) is 45.9 Å². The third-order valence-electron chi connectivity index (χ3n) is 16.0. The minimum atomic E-state index is -2.16. The minimum absolute atomic E-state index is 0. The Morgan fingerprint density at radius 3 is 1.51 bits per heavy atom. The molecule has 2 radical (unpaired) electrons. The largest absolute Gasteiger partial charge is 0.381 e. The summed E-state index contributed by atoms with van der Waals surface area (Å²) in [6.45, 7) is 21.9. The van der Waals surface area contributed by atoms with Gasteiger partial charge in [0.1, 0.15) is 0 Å². The molecule has 0 amide bonds. The van der Waals surface area contributed by atoms with Gasteiger partial charge < -0.3 is 29.1 Å². The van der Waals surface area contributed by atoms with E-state index in [1.54, 1.807) is 18.2 Å². The molecular weight excluding hydrogens is 1510 g/mol. The van der Waals surface area contributed by atoms with Gasteiger partial charge in [0.15, 0.2) is 0 Å². The molecule has 0 atom stereocenters. The number of aryl methyl sites for hydroxylation is 3. The number of fused-ring (bicyclic) bond motifs is 6. The first-order valence-electron chi connectivity index (χ1n) is 32.6. The molecule has 0 saturated heterocycles. The zero-order valence-corrected chi connectivity index (χ0v) is 60.7. The van der Waals surface area contributed by atoms with Crippen LogP contribution in [0.1, 0.15) is 41.8 Å². The molecule has 0 unspecified atom stereocenters. The van der Waals surface area contributed by atoms with Crippen molar-refractivity contribution in [3.05, 3.63) is 284 Å². The molecule has 14 rings (SSSR count). The van der Waals surface area contributed by atoms with Crippen LogP contribution >= 0.6 is 0 Å². The molecule has 0 aliphatic rings. The van der Waals surface area contributed by atoms with Gasteiger partial charge in [-0.05, 0) is 136 Å². The third kappa shape index (κ3) is 15.8. The van der Waals surface area contributed by atoms with E-state index in [1.165, 1.54) is 82.4 Å². The number of hydrogen-bond donors (Lipinski definition) is 0. The van der Waals surface area contributed by atoms with Crippen molar-refractivity contribution in [1.29, 1.82) is 0 Å². The average Bonchev–Trinajstić information content (AvgIpc) is 1.63. The van der Waals surface area contributed by atoms with Gasteiger partial charge in [-0.3, -0.25) is 0 Å². The zero-order valence-electron chi connectivity index (χ0n) is 56.9. The molecule has 0 bridgehead atoms.